The summed E-state index contributed by atoms with van der Waals surface area (Å²) in [7, 11) is 0. The van der Waals surface area contributed by atoms with Crippen LogP contribution in [0.1, 0.15) is 23.4 Å². The number of para-hydroxylation sites is 1. The van der Waals surface area contributed by atoms with Crippen molar-refractivity contribution in [2.75, 3.05) is 11.9 Å². The lowest BCUT2D eigenvalue weighted by molar-refractivity contribution is -0.139. The van der Waals surface area contributed by atoms with Gasteiger partial charge in [-0.2, -0.15) is 0 Å². The lowest BCUT2D eigenvalue weighted by Crippen LogP contribution is -2.40. The van der Waals surface area contributed by atoms with E-state index in [0.717, 1.165) is 4.88 Å². The van der Waals surface area contributed by atoms with Gasteiger partial charge in [-0.3, -0.25) is 14.2 Å². The minimum Gasteiger partial charge on any atom is -0.482 e. The third-order valence-electron chi connectivity index (χ3n) is 5.63. The topological polar surface area (TPSA) is 110 Å². The van der Waals surface area contributed by atoms with E-state index >= 15 is 0 Å². The van der Waals surface area contributed by atoms with Crippen LogP contribution in [-0.2, 0) is 9.59 Å². The van der Waals surface area contributed by atoms with Crippen molar-refractivity contribution in [1.82, 2.24) is 4.57 Å². The first-order chi connectivity index (χ1) is 17.9. The number of aromatic nitrogens is 1. The van der Waals surface area contributed by atoms with Gasteiger partial charge in [0, 0.05) is 10.6 Å². The van der Waals surface area contributed by atoms with Gasteiger partial charge in [0.2, 0.25) is 0 Å². The zero-order valence-electron chi connectivity index (χ0n) is 19.6. The Kier molecular flexibility index (Phi) is 6.85. The molecule has 1 aliphatic rings. The van der Waals surface area contributed by atoms with Crippen LogP contribution in [0.2, 0.25) is 0 Å². The second kappa shape index (κ2) is 10.4. The highest BCUT2D eigenvalue weighted by Crippen LogP contribution is 2.33. The van der Waals surface area contributed by atoms with Crippen molar-refractivity contribution in [3.63, 3.8) is 0 Å². The van der Waals surface area contributed by atoms with Crippen molar-refractivity contribution < 1.29 is 19.4 Å². The summed E-state index contributed by atoms with van der Waals surface area (Å²) >= 11 is 2.70. The standard InChI is InChI=1S/C27H21N3O5S2/c1-16-23(25(33)29-18-8-3-2-4-9-18)24(20-11-6-12-36-20)30-26(34)21(37-27(30)28-16)14-17-7-5-10-19(13-17)35-15-22(31)32/h2-14,24H,15H2,1H3,(H,29,33)(H,31,32)/b21-14-. The Morgan fingerprint density at radius 2 is 1.95 bits per heavy atom. The molecule has 0 spiro atoms. The monoisotopic (exact) mass is 531 g/mol. The number of anilines is 1. The van der Waals surface area contributed by atoms with Crippen molar-refractivity contribution in [3.05, 3.63) is 114 Å². The molecule has 4 aromatic rings. The normalized spacial score (nSPS) is 15.2. The number of hydrogen-bond donors (Lipinski definition) is 2. The number of carboxylic acid groups (broad SMARTS) is 1. The van der Waals surface area contributed by atoms with E-state index in [1.54, 1.807) is 54.0 Å². The maximum atomic E-state index is 13.7. The molecule has 2 N–H and O–H groups in total. The van der Waals surface area contributed by atoms with Gasteiger partial charge in [0.05, 0.1) is 15.8 Å². The molecule has 3 heterocycles. The molecule has 0 fully saturated rings. The van der Waals surface area contributed by atoms with Gasteiger partial charge >= 0.3 is 5.97 Å². The average molecular weight is 532 g/mol. The van der Waals surface area contributed by atoms with E-state index in [9.17, 15) is 14.4 Å². The second-order valence-electron chi connectivity index (χ2n) is 8.17. The van der Waals surface area contributed by atoms with Crippen LogP contribution in [0.4, 0.5) is 5.69 Å². The molecular formula is C27H21N3O5S2. The quantitative estimate of drug-likeness (QED) is 0.380. The first kappa shape index (κ1) is 24.4. The number of nitrogens with zero attached hydrogens (tertiary/aromatic N) is 2. The van der Waals surface area contributed by atoms with Crippen molar-refractivity contribution in [3.8, 4) is 5.75 Å². The fourth-order valence-corrected chi connectivity index (χ4v) is 5.91. The van der Waals surface area contributed by atoms with Gasteiger partial charge in [0.1, 0.15) is 11.8 Å². The molecule has 186 valence electrons. The zero-order valence-corrected chi connectivity index (χ0v) is 21.2. The minimum atomic E-state index is -1.07. The largest absolute Gasteiger partial charge is 0.482 e. The number of rotatable bonds is 7. The van der Waals surface area contributed by atoms with Crippen molar-refractivity contribution in [2.24, 2.45) is 4.99 Å². The average Bonchev–Trinajstić information content (AvgIpc) is 3.51. The van der Waals surface area contributed by atoms with Crippen LogP contribution < -0.4 is 24.9 Å². The molecule has 1 aliphatic heterocycles. The van der Waals surface area contributed by atoms with E-state index in [1.807, 2.05) is 35.7 Å². The van der Waals surface area contributed by atoms with E-state index in [0.29, 0.717) is 37.6 Å². The molecule has 8 nitrogen and oxygen atoms in total. The number of benzene rings is 2. The Morgan fingerprint density at radius 3 is 2.68 bits per heavy atom. The molecule has 37 heavy (non-hydrogen) atoms. The summed E-state index contributed by atoms with van der Waals surface area (Å²) in [6.45, 7) is 1.32. The number of carbonyl (C=O) groups is 2. The molecule has 5 rings (SSSR count). The maximum absolute atomic E-state index is 13.7. The number of fused-ring (bicyclic) bond motifs is 1. The number of ether oxygens (including phenoxy) is 1. The van der Waals surface area contributed by atoms with Gasteiger partial charge < -0.3 is 15.2 Å². The number of amides is 1. The van der Waals surface area contributed by atoms with E-state index in [-0.39, 0.29) is 11.5 Å². The summed E-state index contributed by atoms with van der Waals surface area (Å²) in [4.78, 5) is 43.9. The number of thiophene rings is 1. The summed E-state index contributed by atoms with van der Waals surface area (Å²) in [5.74, 6) is -1.01. The van der Waals surface area contributed by atoms with Gasteiger partial charge in [-0.1, -0.05) is 47.7 Å². The number of allylic oxidation sites excluding steroid dienone is 1. The summed E-state index contributed by atoms with van der Waals surface area (Å²) < 4.78 is 7.27. The number of aliphatic carboxylic acids is 1. The molecular weight excluding hydrogens is 510 g/mol. The van der Waals surface area contributed by atoms with Crippen LogP contribution >= 0.6 is 22.7 Å². The lowest BCUT2D eigenvalue weighted by Gasteiger charge is -2.24. The molecule has 1 unspecified atom stereocenters. The van der Waals surface area contributed by atoms with Crippen LogP contribution in [0.5, 0.6) is 5.75 Å². The van der Waals surface area contributed by atoms with Gasteiger partial charge in [-0.15, -0.1) is 11.3 Å². The molecule has 1 amide bonds. The predicted octanol–water partition coefficient (Wildman–Crippen LogP) is 3.40. The fourth-order valence-electron chi connectivity index (χ4n) is 4.04. The van der Waals surface area contributed by atoms with Crippen LogP contribution in [0.25, 0.3) is 6.08 Å². The van der Waals surface area contributed by atoms with E-state index in [1.165, 1.54) is 22.7 Å². The van der Waals surface area contributed by atoms with Crippen molar-refractivity contribution in [1.29, 1.82) is 0 Å². The van der Waals surface area contributed by atoms with Crippen LogP contribution in [0.3, 0.4) is 0 Å². The summed E-state index contributed by atoms with van der Waals surface area (Å²) in [6.07, 6.45) is 1.71. The number of thiazole rings is 1. The molecule has 1 atom stereocenters. The fraction of sp³-hybridized carbons (Fsp3) is 0.111. The van der Waals surface area contributed by atoms with E-state index in [2.05, 4.69) is 10.3 Å². The van der Waals surface area contributed by atoms with E-state index < -0.39 is 18.6 Å². The Morgan fingerprint density at radius 1 is 1.14 bits per heavy atom. The first-order valence-electron chi connectivity index (χ1n) is 11.3. The Hall–Kier alpha value is -4.28. The van der Waals surface area contributed by atoms with Crippen molar-refractivity contribution in [2.45, 2.75) is 13.0 Å². The van der Waals surface area contributed by atoms with Crippen LogP contribution in [0.15, 0.2) is 93.2 Å². The Balaban J connectivity index is 1.58. The predicted molar refractivity (Wildman–Crippen MR) is 143 cm³/mol. The molecule has 2 aromatic carbocycles. The molecule has 0 aliphatic carbocycles. The summed E-state index contributed by atoms with van der Waals surface area (Å²) in [6, 6.07) is 19.2. The summed E-state index contributed by atoms with van der Waals surface area (Å²) in [5, 5.41) is 13.7. The van der Waals surface area contributed by atoms with Gasteiger partial charge in [-0.05, 0) is 54.3 Å². The SMILES string of the molecule is CC1=C(C(=O)Nc2ccccc2)C(c2cccs2)n2c(s/c(=C\c3cccc(OCC(=O)O)c3)c2=O)=N1. The first-order valence-corrected chi connectivity index (χ1v) is 13.0. The van der Waals surface area contributed by atoms with Gasteiger partial charge in [-0.25, -0.2) is 9.79 Å². The van der Waals surface area contributed by atoms with Crippen LogP contribution in [0, 0.1) is 0 Å². The number of nitrogens with one attached hydrogen (secondary N) is 1. The third-order valence-corrected chi connectivity index (χ3v) is 7.54. The smallest absolute Gasteiger partial charge is 0.341 e. The number of carboxylic acids is 1. The summed E-state index contributed by atoms with van der Waals surface area (Å²) in [5.41, 5.74) is 2.02. The molecule has 10 heteroatoms. The Bertz CT molecular complexity index is 1690. The van der Waals surface area contributed by atoms with Crippen LogP contribution in [-0.4, -0.2) is 28.2 Å². The molecule has 0 bridgehead atoms. The Labute approximate surface area is 219 Å². The highest BCUT2D eigenvalue weighted by molar-refractivity contribution is 7.10. The molecule has 0 saturated carbocycles. The third kappa shape index (κ3) is 5.16. The minimum absolute atomic E-state index is 0.267. The van der Waals surface area contributed by atoms with Gasteiger partial charge in [0.25, 0.3) is 11.5 Å². The zero-order chi connectivity index (χ0) is 25.9. The maximum Gasteiger partial charge on any atom is 0.341 e. The molecule has 2 aromatic heterocycles. The van der Waals surface area contributed by atoms with Crippen molar-refractivity contribution >= 4 is 46.3 Å². The lowest BCUT2D eigenvalue weighted by atomic mass is 10.0. The van der Waals surface area contributed by atoms with Gasteiger partial charge in [0.15, 0.2) is 11.4 Å². The number of hydrogen-bond acceptors (Lipinski definition) is 7. The molecule has 0 radical (unpaired) electrons. The molecule has 0 saturated heterocycles. The number of carbonyl (C=O) groups excluding carboxylic acids is 1. The van der Waals surface area contributed by atoms with E-state index in [4.69, 9.17) is 9.84 Å². The second-order valence-corrected chi connectivity index (χ2v) is 10.2. The highest BCUT2D eigenvalue weighted by Gasteiger charge is 2.33. The highest BCUT2D eigenvalue weighted by atomic mass is 32.1.